The molecule has 1 unspecified atom stereocenters. The number of nitrogens with one attached hydrogen (secondary N) is 1. The van der Waals surface area contributed by atoms with Gasteiger partial charge in [-0.3, -0.25) is 0 Å². The number of halogens is 2. The topological polar surface area (TPSA) is 21.3 Å². The Morgan fingerprint density at radius 1 is 1.47 bits per heavy atom. The zero-order chi connectivity index (χ0) is 12.7. The van der Waals surface area contributed by atoms with Gasteiger partial charge in [0.1, 0.15) is 0 Å². The van der Waals surface area contributed by atoms with Crippen molar-refractivity contribution >= 4 is 15.9 Å². The van der Waals surface area contributed by atoms with Gasteiger partial charge in [-0.05, 0) is 51.1 Å². The minimum absolute atomic E-state index is 0.0318. The van der Waals surface area contributed by atoms with E-state index in [1.807, 2.05) is 6.92 Å². The van der Waals surface area contributed by atoms with Crippen LogP contribution in [0.1, 0.15) is 26.7 Å². The summed E-state index contributed by atoms with van der Waals surface area (Å²) >= 11 is 3.22. The number of benzene rings is 1. The van der Waals surface area contributed by atoms with Gasteiger partial charge >= 0.3 is 0 Å². The Morgan fingerprint density at radius 2 is 2.24 bits per heavy atom. The fourth-order valence-corrected chi connectivity index (χ4v) is 1.87. The quantitative estimate of drug-likeness (QED) is 0.775. The van der Waals surface area contributed by atoms with Crippen molar-refractivity contribution in [2.45, 2.75) is 32.8 Å². The van der Waals surface area contributed by atoms with Crippen LogP contribution in [0, 0.1) is 5.82 Å². The summed E-state index contributed by atoms with van der Waals surface area (Å²) in [6.45, 7) is 6.01. The summed E-state index contributed by atoms with van der Waals surface area (Å²) in [7, 11) is 0. The summed E-state index contributed by atoms with van der Waals surface area (Å²) in [6.07, 6.45) is 1.99. The first-order valence-electron chi connectivity index (χ1n) is 5.96. The molecule has 1 aromatic carbocycles. The van der Waals surface area contributed by atoms with Crippen LogP contribution in [-0.2, 0) is 0 Å². The molecule has 0 bridgehead atoms. The van der Waals surface area contributed by atoms with Crippen molar-refractivity contribution in [1.82, 2.24) is 5.32 Å². The van der Waals surface area contributed by atoms with Gasteiger partial charge in [-0.2, -0.15) is 0 Å². The summed E-state index contributed by atoms with van der Waals surface area (Å²) in [5.74, 6) is 0.00191. The second-order valence-electron chi connectivity index (χ2n) is 4.00. The molecule has 4 heteroatoms. The molecule has 1 atom stereocenters. The smallest absolute Gasteiger partial charge is 0.166 e. The van der Waals surface area contributed by atoms with Crippen molar-refractivity contribution in [3.63, 3.8) is 0 Å². The molecule has 0 radical (unpaired) electrons. The fourth-order valence-electron chi connectivity index (χ4n) is 1.54. The average Bonchev–Trinajstić information content (AvgIpc) is 2.28. The zero-order valence-corrected chi connectivity index (χ0v) is 11.9. The van der Waals surface area contributed by atoms with E-state index in [0.29, 0.717) is 5.75 Å². The van der Waals surface area contributed by atoms with Crippen LogP contribution in [0.5, 0.6) is 5.75 Å². The van der Waals surface area contributed by atoms with Crippen LogP contribution in [0.4, 0.5) is 4.39 Å². The third-order valence-electron chi connectivity index (χ3n) is 2.44. The van der Waals surface area contributed by atoms with E-state index < -0.39 is 0 Å². The van der Waals surface area contributed by atoms with E-state index in [4.69, 9.17) is 4.74 Å². The minimum atomic E-state index is -0.321. The van der Waals surface area contributed by atoms with Crippen LogP contribution < -0.4 is 10.1 Å². The summed E-state index contributed by atoms with van der Waals surface area (Å²) in [4.78, 5) is 0. The highest BCUT2D eigenvalue weighted by Gasteiger charge is 2.08. The molecule has 0 aliphatic carbocycles. The molecule has 17 heavy (non-hydrogen) atoms. The van der Waals surface area contributed by atoms with Crippen molar-refractivity contribution in [2.24, 2.45) is 0 Å². The van der Waals surface area contributed by atoms with Crippen molar-refractivity contribution in [2.75, 3.05) is 13.1 Å². The predicted molar refractivity (Wildman–Crippen MR) is 72.0 cm³/mol. The number of rotatable bonds is 7. The number of hydrogen-bond donors (Lipinski definition) is 1. The molecule has 0 fully saturated rings. The van der Waals surface area contributed by atoms with Crippen LogP contribution in [0.15, 0.2) is 22.7 Å². The van der Waals surface area contributed by atoms with Crippen molar-refractivity contribution in [1.29, 1.82) is 0 Å². The lowest BCUT2D eigenvalue weighted by atomic mass is 10.2. The highest BCUT2D eigenvalue weighted by molar-refractivity contribution is 9.10. The lowest BCUT2D eigenvalue weighted by molar-refractivity contribution is 0.198. The molecular formula is C13H19BrFNO. The maximum Gasteiger partial charge on any atom is 0.166 e. The standard InChI is InChI=1S/C13H19BrFNO/c1-3-16-8-4-5-10(2)17-13-7-6-11(14)9-12(13)15/h6-7,9-10,16H,3-5,8H2,1-2H3. The monoisotopic (exact) mass is 303 g/mol. The van der Waals surface area contributed by atoms with Gasteiger partial charge in [0.25, 0.3) is 0 Å². The van der Waals surface area contributed by atoms with Gasteiger partial charge in [0.05, 0.1) is 6.10 Å². The molecular weight excluding hydrogens is 285 g/mol. The highest BCUT2D eigenvalue weighted by atomic mass is 79.9. The van der Waals surface area contributed by atoms with E-state index in [1.165, 1.54) is 6.07 Å². The lowest BCUT2D eigenvalue weighted by Crippen LogP contribution is -2.18. The molecule has 0 saturated carbocycles. The fraction of sp³-hybridized carbons (Fsp3) is 0.538. The van der Waals surface area contributed by atoms with E-state index in [2.05, 4.69) is 28.2 Å². The maximum absolute atomic E-state index is 13.5. The van der Waals surface area contributed by atoms with E-state index >= 15 is 0 Å². The Kier molecular flexibility index (Phi) is 6.52. The van der Waals surface area contributed by atoms with Crippen LogP contribution in [0.2, 0.25) is 0 Å². The molecule has 0 spiro atoms. The van der Waals surface area contributed by atoms with Crippen LogP contribution in [-0.4, -0.2) is 19.2 Å². The molecule has 1 rings (SSSR count). The maximum atomic E-state index is 13.5. The second-order valence-corrected chi connectivity index (χ2v) is 4.91. The Morgan fingerprint density at radius 3 is 2.88 bits per heavy atom. The molecule has 0 amide bonds. The SMILES string of the molecule is CCNCCCC(C)Oc1ccc(Br)cc1F. The number of ether oxygens (including phenoxy) is 1. The van der Waals surface area contributed by atoms with Gasteiger partial charge in [0, 0.05) is 4.47 Å². The second kappa shape index (κ2) is 7.67. The van der Waals surface area contributed by atoms with Crippen LogP contribution >= 0.6 is 15.9 Å². The molecule has 0 aromatic heterocycles. The van der Waals surface area contributed by atoms with E-state index in [0.717, 1.165) is 30.4 Å². The Bertz CT molecular complexity index is 346. The molecule has 1 N–H and O–H groups in total. The van der Waals surface area contributed by atoms with Gasteiger partial charge in [-0.25, -0.2) is 4.39 Å². The summed E-state index contributed by atoms with van der Waals surface area (Å²) in [5.41, 5.74) is 0. The minimum Gasteiger partial charge on any atom is -0.488 e. The largest absolute Gasteiger partial charge is 0.488 e. The first kappa shape index (κ1) is 14.5. The van der Waals surface area contributed by atoms with E-state index in [9.17, 15) is 4.39 Å². The molecule has 0 aliphatic rings. The Labute approximate surface area is 111 Å². The molecule has 0 saturated heterocycles. The van der Waals surface area contributed by atoms with Crippen molar-refractivity contribution in [3.8, 4) is 5.75 Å². The Balaban J connectivity index is 2.37. The third-order valence-corrected chi connectivity index (χ3v) is 2.93. The first-order chi connectivity index (χ1) is 8.13. The summed E-state index contributed by atoms with van der Waals surface area (Å²) < 4.78 is 19.8. The van der Waals surface area contributed by atoms with Crippen molar-refractivity contribution < 1.29 is 9.13 Å². The summed E-state index contributed by atoms with van der Waals surface area (Å²) in [6, 6.07) is 4.85. The molecule has 0 aliphatic heterocycles. The Hall–Kier alpha value is -0.610. The van der Waals surface area contributed by atoms with Gasteiger partial charge in [0.15, 0.2) is 11.6 Å². The van der Waals surface area contributed by atoms with Crippen LogP contribution in [0.3, 0.4) is 0 Å². The van der Waals surface area contributed by atoms with Gasteiger partial charge in [-0.15, -0.1) is 0 Å². The average molecular weight is 304 g/mol. The highest BCUT2D eigenvalue weighted by Crippen LogP contribution is 2.23. The molecule has 1 aromatic rings. The van der Waals surface area contributed by atoms with E-state index in [-0.39, 0.29) is 11.9 Å². The zero-order valence-electron chi connectivity index (χ0n) is 10.3. The van der Waals surface area contributed by atoms with Crippen molar-refractivity contribution in [3.05, 3.63) is 28.5 Å². The predicted octanol–water partition coefficient (Wildman–Crippen LogP) is 3.75. The van der Waals surface area contributed by atoms with Gasteiger partial charge < -0.3 is 10.1 Å². The molecule has 0 heterocycles. The third kappa shape index (κ3) is 5.50. The normalized spacial score (nSPS) is 12.5. The lowest BCUT2D eigenvalue weighted by Gasteiger charge is -2.15. The molecule has 2 nitrogen and oxygen atoms in total. The van der Waals surface area contributed by atoms with Gasteiger partial charge in [-0.1, -0.05) is 22.9 Å². The van der Waals surface area contributed by atoms with Gasteiger partial charge in [0.2, 0.25) is 0 Å². The molecule has 96 valence electrons. The first-order valence-corrected chi connectivity index (χ1v) is 6.75. The van der Waals surface area contributed by atoms with Crippen LogP contribution in [0.25, 0.3) is 0 Å². The number of hydrogen-bond acceptors (Lipinski definition) is 2. The summed E-state index contributed by atoms with van der Waals surface area (Å²) in [5, 5.41) is 3.25. The van der Waals surface area contributed by atoms with E-state index in [1.54, 1.807) is 12.1 Å².